The van der Waals surface area contributed by atoms with E-state index >= 15 is 0 Å². The molecule has 0 bridgehead atoms. The number of amides is 2. The molecule has 1 aromatic rings. The van der Waals surface area contributed by atoms with Crippen LogP contribution in [0.3, 0.4) is 0 Å². The Morgan fingerprint density at radius 3 is 2.44 bits per heavy atom. The summed E-state index contributed by atoms with van der Waals surface area (Å²) < 4.78 is 11.2. The van der Waals surface area contributed by atoms with E-state index in [0.717, 1.165) is 43.3 Å². The van der Waals surface area contributed by atoms with E-state index in [9.17, 15) is 14.4 Å². The van der Waals surface area contributed by atoms with Crippen LogP contribution in [0.1, 0.15) is 87.7 Å². The first-order chi connectivity index (χ1) is 17.2. The number of nitrogens with one attached hydrogen (secondary N) is 1. The summed E-state index contributed by atoms with van der Waals surface area (Å²) in [4.78, 5) is 36.4. The number of carbonyl (C=O) groups is 3. The number of ether oxygens (including phenoxy) is 2. The van der Waals surface area contributed by atoms with Crippen molar-refractivity contribution in [2.45, 2.75) is 78.4 Å². The van der Waals surface area contributed by atoms with Gasteiger partial charge in [-0.15, -0.1) is 0 Å². The van der Waals surface area contributed by atoms with Crippen LogP contribution in [0.5, 0.6) is 0 Å². The Bertz CT molecular complexity index is 870. The highest BCUT2D eigenvalue weighted by atomic mass is 16.6. The smallest absolute Gasteiger partial charge is 0.410 e. The van der Waals surface area contributed by atoms with Crippen molar-refractivity contribution in [3.8, 4) is 11.8 Å². The van der Waals surface area contributed by atoms with Gasteiger partial charge in [0.1, 0.15) is 11.9 Å². The van der Waals surface area contributed by atoms with Gasteiger partial charge in [0.2, 0.25) is 6.41 Å². The predicted molar refractivity (Wildman–Crippen MR) is 141 cm³/mol. The minimum absolute atomic E-state index is 0.337. The van der Waals surface area contributed by atoms with Gasteiger partial charge in [0.25, 0.3) is 0 Å². The van der Waals surface area contributed by atoms with Gasteiger partial charge < -0.3 is 14.4 Å². The molecule has 0 aliphatic carbocycles. The first-order valence-electron chi connectivity index (χ1n) is 12.7. The lowest BCUT2D eigenvalue weighted by atomic mass is 10.0. The molecule has 0 saturated heterocycles. The molecule has 1 aromatic carbocycles. The van der Waals surface area contributed by atoms with Crippen LogP contribution in [-0.4, -0.2) is 67.7 Å². The van der Waals surface area contributed by atoms with Crippen LogP contribution < -0.4 is 5.43 Å². The maximum Gasteiger partial charge on any atom is 0.410 e. The van der Waals surface area contributed by atoms with Gasteiger partial charge in [-0.3, -0.25) is 15.0 Å². The van der Waals surface area contributed by atoms with Crippen molar-refractivity contribution in [1.29, 1.82) is 0 Å². The van der Waals surface area contributed by atoms with E-state index in [1.54, 1.807) is 29.1 Å². The summed E-state index contributed by atoms with van der Waals surface area (Å²) in [5.41, 5.74) is 4.05. The number of unbranched alkanes of at least 4 members (excludes halogenated alkanes) is 3. The number of aldehydes is 1. The van der Waals surface area contributed by atoms with E-state index in [2.05, 4.69) is 24.2 Å². The minimum Gasteiger partial charge on any atom is -0.444 e. The fraction of sp³-hybridized carbons (Fsp3) is 0.607. The molecule has 0 radical (unpaired) electrons. The zero-order valence-electron chi connectivity index (χ0n) is 22.6. The largest absolute Gasteiger partial charge is 0.444 e. The van der Waals surface area contributed by atoms with Gasteiger partial charge >= 0.3 is 6.09 Å². The number of nitrogens with zero attached hydrogens (tertiary/aromatic N) is 2. The Hall–Kier alpha value is -2.89. The number of hydrazine groups is 1. The first kappa shape index (κ1) is 31.1. The van der Waals surface area contributed by atoms with Crippen molar-refractivity contribution in [3.05, 3.63) is 34.9 Å². The number of benzene rings is 1. The van der Waals surface area contributed by atoms with Gasteiger partial charge in [-0.2, -0.15) is 0 Å². The van der Waals surface area contributed by atoms with Gasteiger partial charge in [-0.1, -0.05) is 37.7 Å². The third-order valence-corrected chi connectivity index (χ3v) is 5.20. The molecule has 0 atom stereocenters. The molecule has 2 amide bonds. The van der Waals surface area contributed by atoms with Crippen molar-refractivity contribution < 1.29 is 23.9 Å². The van der Waals surface area contributed by atoms with Gasteiger partial charge in [-0.05, 0) is 57.7 Å². The lowest BCUT2D eigenvalue weighted by Gasteiger charge is -2.27. The van der Waals surface area contributed by atoms with E-state index in [4.69, 9.17) is 9.47 Å². The Labute approximate surface area is 216 Å². The quantitative estimate of drug-likeness (QED) is 0.155. The lowest BCUT2D eigenvalue weighted by molar-refractivity contribution is -0.113. The molecule has 8 nitrogen and oxygen atoms in total. The Morgan fingerprint density at radius 1 is 1.08 bits per heavy atom. The van der Waals surface area contributed by atoms with Crippen LogP contribution in [0, 0.1) is 11.8 Å². The van der Waals surface area contributed by atoms with Crippen LogP contribution in [0.25, 0.3) is 0 Å². The van der Waals surface area contributed by atoms with Crippen LogP contribution >= 0.6 is 0 Å². The number of hydrogen-bond donors (Lipinski definition) is 1. The predicted octanol–water partition coefficient (Wildman–Crippen LogP) is 4.56. The zero-order valence-corrected chi connectivity index (χ0v) is 22.6. The molecule has 1 rings (SSSR count). The highest BCUT2D eigenvalue weighted by Gasteiger charge is 2.21. The van der Waals surface area contributed by atoms with Gasteiger partial charge in [-0.25, -0.2) is 9.80 Å². The molecule has 0 aliphatic heterocycles. The Kier molecular flexibility index (Phi) is 15.2. The molecule has 0 saturated carbocycles. The summed E-state index contributed by atoms with van der Waals surface area (Å²) in [5.74, 6) is 6.24. The number of rotatable bonds is 16. The van der Waals surface area contributed by atoms with Crippen molar-refractivity contribution in [2.75, 3.05) is 33.4 Å². The van der Waals surface area contributed by atoms with Crippen LogP contribution in [0.4, 0.5) is 4.79 Å². The molecular weight excluding hydrogens is 458 g/mol. The summed E-state index contributed by atoms with van der Waals surface area (Å²) in [7, 11) is 1.71. The van der Waals surface area contributed by atoms with Gasteiger partial charge in [0.05, 0.1) is 0 Å². The fourth-order valence-electron chi connectivity index (χ4n) is 3.37. The second-order valence-electron chi connectivity index (χ2n) is 9.68. The molecule has 1 N–H and O–H groups in total. The second-order valence-corrected chi connectivity index (χ2v) is 9.68. The number of carbonyl (C=O) groups excluding carboxylic acids is 3. The molecular formula is C28H43N3O5. The van der Waals surface area contributed by atoms with Crippen molar-refractivity contribution in [3.63, 3.8) is 0 Å². The van der Waals surface area contributed by atoms with Gasteiger partial charge in [0.15, 0.2) is 0 Å². The summed E-state index contributed by atoms with van der Waals surface area (Å²) >= 11 is 0. The highest BCUT2D eigenvalue weighted by molar-refractivity contribution is 5.77. The van der Waals surface area contributed by atoms with Crippen molar-refractivity contribution in [1.82, 2.24) is 15.3 Å². The van der Waals surface area contributed by atoms with Crippen molar-refractivity contribution >= 4 is 18.8 Å². The standard InChI is InChI=1S/C28H43N3O5/c1-6-7-11-18-35-19-12-10-17-31(27(34)36-28(2,3)4)16-9-8-13-24-14-15-25(22-32)26(20-24)21-30(5)29-23-33/h14-15,20,22-23H,6-7,9-12,16-19,21H2,1-5H3,(H,29,33). The zero-order chi connectivity index (χ0) is 26.8. The average Bonchev–Trinajstić information content (AvgIpc) is 2.81. The second kappa shape index (κ2) is 17.5. The van der Waals surface area contributed by atoms with E-state index in [1.165, 1.54) is 12.8 Å². The molecule has 0 aromatic heterocycles. The van der Waals surface area contributed by atoms with E-state index in [-0.39, 0.29) is 6.09 Å². The molecule has 0 heterocycles. The van der Waals surface area contributed by atoms with Crippen molar-refractivity contribution in [2.24, 2.45) is 0 Å². The monoisotopic (exact) mass is 501 g/mol. The average molecular weight is 502 g/mol. The van der Waals surface area contributed by atoms with E-state index < -0.39 is 5.60 Å². The van der Waals surface area contributed by atoms with E-state index in [1.807, 2.05) is 26.8 Å². The highest BCUT2D eigenvalue weighted by Crippen LogP contribution is 2.13. The Morgan fingerprint density at radius 2 is 1.81 bits per heavy atom. The summed E-state index contributed by atoms with van der Waals surface area (Å²) in [6, 6.07) is 5.35. The molecule has 36 heavy (non-hydrogen) atoms. The maximum atomic E-state index is 12.7. The summed E-state index contributed by atoms with van der Waals surface area (Å²) in [6.07, 6.45) is 6.70. The minimum atomic E-state index is -0.563. The third kappa shape index (κ3) is 13.9. The number of hydrogen-bond acceptors (Lipinski definition) is 6. The van der Waals surface area contributed by atoms with Crippen LogP contribution in [0.15, 0.2) is 18.2 Å². The fourth-order valence-corrected chi connectivity index (χ4v) is 3.37. The SMILES string of the molecule is CCCCCOCCCCN(CCC#Cc1ccc(C=O)c(CN(C)NC=O)c1)C(=O)OC(C)(C)C. The molecule has 200 valence electrons. The normalized spacial score (nSPS) is 10.9. The molecule has 8 heteroatoms. The lowest BCUT2D eigenvalue weighted by Crippen LogP contribution is -2.38. The third-order valence-electron chi connectivity index (χ3n) is 5.20. The molecule has 0 aliphatic rings. The Balaban J connectivity index is 2.70. The van der Waals surface area contributed by atoms with Crippen LogP contribution in [0.2, 0.25) is 0 Å². The summed E-state index contributed by atoms with van der Waals surface area (Å²) in [5, 5.41) is 1.58. The topological polar surface area (TPSA) is 88.2 Å². The van der Waals surface area contributed by atoms with E-state index in [0.29, 0.717) is 44.6 Å². The summed E-state index contributed by atoms with van der Waals surface area (Å²) in [6.45, 7) is 10.7. The van der Waals surface area contributed by atoms with Crippen LogP contribution in [-0.2, 0) is 20.8 Å². The molecule has 0 spiro atoms. The maximum absolute atomic E-state index is 12.7. The first-order valence-corrected chi connectivity index (χ1v) is 12.7. The molecule has 0 fully saturated rings. The van der Waals surface area contributed by atoms with Gasteiger partial charge in [0, 0.05) is 57.4 Å². The molecule has 0 unspecified atom stereocenters.